The Morgan fingerprint density at radius 2 is 1.86 bits per heavy atom. The van der Waals surface area contributed by atoms with Crippen molar-refractivity contribution < 1.29 is 18.0 Å². The third-order valence-corrected chi connectivity index (χ3v) is 6.44. The molecular weight excluding hydrogens is 475 g/mol. The zero-order valence-corrected chi connectivity index (χ0v) is 19.2. The molecule has 0 atom stereocenters. The zero-order valence-electron chi connectivity index (χ0n) is 18.4. The van der Waals surface area contributed by atoms with Crippen LogP contribution in [0.1, 0.15) is 16.1 Å². The summed E-state index contributed by atoms with van der Waals surface area (Å²) in [7, 11) is 0. The standard InChI is InChI=1S/C25H18F3N5OS/c1-15-23(35-14-30-15)16-5-7-17(8-6-16)24(34)32-21-4-2-3-20-19(9-10-29-22(20)21)18-11-31-33(12-18)13-25(26,27)28/h2-12,14H,13H2,1H3,(H,32,34). The average molecular weight is 494 g/mol. The van der Waals surface area contributed by atoms with Crippen molar-refractivity contribution in [3.8, 4) is 21.6 Å². The predicted octanol–water partition coefficient (Wildman–Crippen LogP) is 6.34. The number of aromatic nitrogens is 4. The largest absolute Gasteiger partial charge is 0.408 e. The van der Waals surface area contributed by atoms with Gasteiger partial charge in [-0.25, -0.2) is 4.98 Å². The van der Waals surface area contributed by atoms with Gasteiger partial charge in [-0.05, 0) is 42.3 Å². The Hall–Kier alpha value is -4.05. The molecule has 0 saturated carbocycles. The number of nitrogens with zero attached hydrogens (tertiary/aromatic N) is 4. The van der Waals surface area contributed by atoms with E-state index in [2.05, 4.69) is 20.4 Å². The molecule has 0 fully saturated rings. The summed E-state index contributed by atoms with van der Waals surface area (Å²) in [5.41, 5.74) is 6.42. The summed E-state index contributed by atoms with van der Waals surface area (Å²) in [5.74, 6) is -0.296. The lowest BCUT2D eigenvalue weighted by atomic mass is 10.0. The van der Waals surface area contributed by atoms with Crippen molar-refractivity contribution in [2.45, 2.75) is 19.6 Å². The second kappa shape index (κ2) is 8.95. The highest BCUT2D eigenvalue weighted by Crippen LogP contribution is 2.32. The van der Waals surface area contributed by atoms with Gasteiger partial charge in [-0.1, -0.05) is 24.3 Å². The molecule has 0 aliphatic rings. The van der Waals surface area contributed by atoms with Crippen LogP contribution in [-0.4, -0.2) is 31.8 Å². The monoisotopic (exact) mass is 493 g/mol. The normalized spacial score (nSPS) is 11.7. The van der Waals surface area contributed by atoms with Crippen LogP contribution in [0.3, 0.4) is 0 Å². The highest BCUT2D eigenvalue weighted by molar-refractivity contribution is 7.13. The van der Waals surface area contributed by atoms with Gasteiger partial charge in [0.2, 0.25) is 0 Å². The fourth-order valence-corrected chi connectivity index (χ4v) is 4.66. The third-order valence-electron chi connectivity index (χ3n) is 5.46. The van der Waals surface area contributed by atoms with Crippen LogP contribution < -0.4 is 5.32 Å². The third kappa shape index (κ3) is 4.78. The van der Waals surface area contributed by atoms with Crippen molar-refractivity contribution in [2.24, 2.45) is 0 Å². The molecule has 3 heterocycles. The molecule has 6 nitrogen and oxygen atoms in total. The Kier molecular flexibility index (Phi) is 5.81. The fourth-order valence-electron chi connectivity index (χ4n) is 3.85. The van der Waals surface area contributed by atoms with Crippen LogP contribution in [0.4, 0.5) is 18.9 Å². The number of nitrogens with one attached hydrogen (secondary N) is 1. The number of rotatable bonds is 5. The second-order valence-corrected chi connectivity index (χ2v) is 8.76. The molecule has 0 saturated heterocycles. The van der Waals surface area contributed by atoms with E-state index < -0.39 is 12.7 Å². The maximum atomic E-state index is 12.9. The first-order valence-corrected chi connectivity index (χ1v) is 11.5. The Labute approximate surface area is 202 Å². The van der Waals surface area contributed by atoms with Crippen LogP contribution >= 0.6 is 11.3 Å². The maximum Gasteiger partial charge on any atom is 0.408 e. The number of halogens is 3. The number of alkyl halides is 3. The number of amides is 1. The van der Waals surface area contributed by atoms with Crippen LogP contribution in [0.2, 0.25) is 0 Å². The second-order valence-electron chi connectivity index (χ2n) is 7.90. The summed E-state index contributed by atoms with van der Waals surface area (Å²) in [6.07, 6.45) is -0.0720. The molecule has 1 amide bonds. The van der Waals surface area contributed by atoms with E-state index in [9.17, 15) is 18.0 Å². The van der Waals surface area contributed by atoms with E-state index in [-0.39, 0.29) is 5.91 Å². The molecule has 5 rings (SSSR count). The first-order chi connectivity index (χ1) is 16.8. The lowest BCUT2D eigenvalue weighted by Gasteiger charge is -2.11. The van der Waals surface area contributed by atoms with Crippen molar-refractivity contribution in [1.29, 1.82) is 0 Å². The number of aryl methyl sites for hydroxylation is 1. The van der Waals surface area contributed by atoms with Crippen molar-refractivity contribution in [2.75, 3.05) is 5.32 Å². The summed E-state index contributed by atoms with van der Waals surface area (Å²) < 4.78 is 39.0. The molecule has 176 valence electrons. The Morgan fingerprint density at radius 3 is 2.57 bits per heavy atom. The fraction of sp³-hybridized carbons (Fsp3) is 0.120. The number of pyridine rings is 1. The van der Waals surface area contributed by atoms with E-state index in [1.54, 1.807) is 59.4 Å². The molecule has 1 N–H and O–H groups in total. The molecule has 0 bridgehead atoms. The molecule has 10 heteroatoms. The van der Waals surface area contributed by atoms with Crippen LogP contribution in [0.5, 0.6) is 0 Å². The minimum absolute atomic E-state index is 0.296. The lowest BCUT2D eigenvalue weighted by molar-refractivity contribution is -0.142. The van der Waals surface area contributed by atoms with Crippen molar-refractivity contribution in [3.05, 3.63) is 83.9 Å². The predicted molar refractivity (Wildman–Crippen MR) is 129 cm³/mol. The molecule has 0 radical (unpaired) electrons. The van der Waals surface area contributed by atoms with Gasteiger partial charge in [0, 0.05) is 28.9 Å². The van der Waals surface area contributed by atoms with Crippen LogP contribution in [-0.2, 0) is 6.54 Å². The smallest absolute Gasteiger partial charge is 0.320 e. The summed E-state index contributed by atoms with van der Waals surface area (Å²) >= 11 is 1.54. The number of hydrogen-bond acceptors (Lipinski definition) is 5. The molecule has 35 heavy (non-hydrogen) atoms. The highest BCUT2D eigenvalue weighted by Gasteiger charge is 2.28. The lowest BCUT2D eigenvalue weighted by Crippen LogP contribution is -2.17. The topological polar surface area (TPSA) is 72.7 Å². The molecular formula is C25H18F3N5OS. The number of hydrogen-bond donors (Lipinski definition) is 1. The molecule has 3 aromatic heterocycles. The van der Waals surface area contributed by atoms with E-state index in [1.807, 2.05) is 19.1 Å². The molecule has 0 aliphatic heterocycles. The molecule has 2 aromatic carbocycles. The molecule has 0 unspecified atom stereocenters. The van der Waals surface area contributed by atoms with Crippen LogP contribution in [0, 0.1) is 6.92 Å². The van der Waals surface area contributed by atoms with Gasteiger partial charge in [0.1, 0.15) is 6.54 Å². The van der Waals surface area contributed by atoms with E-state index in [4.69, 9.17) is 0 Å². The van der Waals surface area contributed by atoms with E-state index >= 15 is 0 Å². The number of benzene rings is 2. The van der Waals surface area contributed by atoms with E-state index in [0.29, 0.717) is 33.3 Å². The first-order valence-electron chi connectivity index (χ1n) is 10.6. The summed E-state index contributed by atoms with van der Waals surface area (Å²) in [4.78, 5) is 22.7. The van der Waals surface area contributed by atoms with Gasteiger partial charge in [-0.2, -0.15) is 18.3 Å². The average Bonchev–Trinajstić information content (AvgIpc) is 3.46. The Bertz CT molecular complexity index is 1520. The molecule has 0 aliphatic carbocycles. The maximum absolute atomic E-state index is 12.9. The highest BCUT2D eigenvalue weighted by atomic mass is 32.1. The van der Waals surface area contributed by atoms with Gasteiger partial charge >= 0.3 is 6.18 Å². The quantitative estimate of drug-likeness (QED) is 0.310. The minimum Gasteiger partial charge on any atom is -0.320 e. The van der Waals surface area contributed by atoms with Gasteiger partial charge < -0.3 is 5.32 Å². The van der Waals surface area contributed by atoms with Gasteiger partial charge in [0.05, 0.1) is 33.5 Å². The Balaban J connectivity index is 1.42. The first kappa shape index (κ1) is 22.7. The van der Waals surface area contributed by atoms with Gasteiger partial charge in [-0.15, -0.1) is 11.3 Å². The van der Waals surface area contributed by atoms with E-state index in [0.717, 1.165) is 20.8 Å². The van der Waals surface area contributed by atoms with Crippen molar-refractivity contribution in [1.82, 2.24) is 19.7 Å². The van der Waals surface area contributed by atoms with Crippen LogP contribution in [0.15, 0.2) is 72.6 Å². The summed E-state index contributed by atoms with van der Waals surface area (Å²) in [5, 5.41) is 7.42. The number of thiazole rings is 1. The zero-order chi connectivity index (χ0) is 24.6. The number of carbonyl (C=O) groups excluding carboxylic acids is 1. The van der Waals surface area contributed by atoms with Gasteiger partial charge in [0.15, 0.2) is 0 Å². The number of anilines is 1. The number of para-hydroxylation sites is 1. The van der Waals surface area contributed by atoms with Gasteiger partial charge in [-0.3, -0.25) is 14.5 Å². The SMILES string of the molecule is Cc1ncsc1-c1ccc(C(=O)Nc2cccc3c(-c4cnn(CC(F)(F)F)c4)ccnc23)cc1. The number of fused-ring (bicyclic) bond motifs is 1. The minimum atomic E-state index is -4.36. The molecule has 5 aromatic rings. The molecule has 0 spiro atoms. The summed E-state index contributed by atoms with van der Waals surface area (Å²) in [6, 6.07) is 14.3. The van der Waals surface area contributed by atoms with Crippen molar-refractivity contribution in [3.63, 3.8) is 0 Å². The van der Waals surface area contributed by atoms with Crippen molar-refractivity contribution >= 4 is 33.8 Å². The van der Waals surface area contributed by atoms with Crippen LogP contribution in [0.25, 0.3) is 32.5 Å². The van der Waals surface area contributed by atoms with E-state index in [1.165, 1.54) is 12.4 Å². The summed E-state index contributed by atoms with van der Waals surface area (Å²) in [6.45, 7) is 0.772. The number of carbonyl (C=O) groups is 1. The van der Waals surface area contributed by atoms with Gasteiger partial charge in [0.25, 0.3) is 5.91 Å². The Morgan fingerprint density at radius 1 is 1.06 bits per heavy atom.